The minimum absolute atomic E-state index is 0.0226. The minimum atomic E-state index is 0.0226. The van der Waals surface area contributed by atoms with Crippen LogP contribution in [-0.4, -0.2) is 34.1 Å². The lowest BCUT2D eigenvalue weighted by Crippen LogP contribution is -2.29. The molecule has 0 bridgehead atoms. The molecule has 5 nitrogen and oxygen atoms in total. The fraction of sp³-hybridized carbons (Fsp3) is 0.769. The summed E-state index contributed by atoms with van der Waals surface area (Å²) in [5, 5.41) is 0.192. The summed E-state index contributed by atoms with van der Waals surface area (Å²) in [5.41, 5.74) is 0. The molecule has 6 heteroatoms. The molecule has 0 unspecified atom stereocenters. The molecule has 19 heavy (non-hydrogen) atoms. The van der Waals surface area contributed by atoms with Gasteiger partial charge in [0.25, 0.3) is 0 Å². The van der Waals surface area contributed by atoms with Gasteiger partial charge in [-0.25, -0.2) is 0 Å². The zero-order valence-corrected chi connectivity index (χ0v) is 12.5. The number of hydrogen-bond donors (Lipinski definition) is 0. The lowest BCUT2D eigenvalue weighted by atomic mass is 10.3. The topological polar surface area (TPSA) is 51.1 Å². The van der Waals surface area contributed by atoms with Crippen molar-refractivity contribution in [3.05, 3.63) is 5.28 Å². The van der Waals surface area contributed by atoms with Crippen LogP contribution >= 0.6 is 11.6 Å². The molecule has 1 aliphatic rings. The van der Waals surface area contributed by atoms with E-state index < -0.39 is 0 Å². The molecule has 1 saturated carbocycles. The second-order valence-electron chi connectivity index (χ2n) is 5.24. The van der Waals surface area contributed by atoms with Crippen LogP contribution in [-0.2, 0) is 0 Å². The van der Waals surface area contributed by atoms with E-state index in [1.807, 2.05) is 13.8 Å². The highest BCUT2D eigenvalue weighted by Crippen LogP contribution is 2.31. The molecule has 1 aromatic rings. The van der Waals surface area contributed by atoms with Crippen molar-refractivity contribution in [1.29, 1.82) is 0 Å². The normalized spacial score (nSPS) is 14.8. The Bertz CT molecular complexity index is 423. The van der Waals surface area contributed by atoms with E-state index in [-0.39, 0.29) is 11.4 Å². The van der Waals surface area contributed by atoms with Crippen LogP contribution in [0.25, 0.3) is 0 Å². The van der Waals surface area contributed by atoms with Gasteiger partial charge in [-0.2, -0.15) is 15.0 Å². The van der Waals surface area contributed by atoms with Crippen molar-refractivity contribution >= 4 is 17.5 Å². The van der Waals surface area contributed by atoms with Gasteiger partial charge in [0.2, 0.25) is 11.2 Å². The maximum Gasteiger partial charge on any atom is 0.322 e. The van der Waals surface area contributed by atoms with Gasteiger partial charge in [0.15, 0.2) is 0 Å². The largest absolute Gasteiger partial charge is 0.461 e. The standard InChI is InChI=1S/C13H21ClN4O/c1-4-7-18(8-10-5-6-10)12-15-11(14)16-13(17-12)19-9(2)3/h9-10H,4-8H2,1-3H3. The van der Waals surface area contributed by atoms with Crippen LogP contribution in [0.5, 0.6) is 6.01 Å². The number of nitrogens with zero attached hydrogens (tertiary/aromatic N) is 4. The summed E-state index contributed by atoms with van der Waals surface area (Å²) in [6.45, 7) is 7.94. The van der Waals surface area contributed by atoms with E-state index in [4.69, 9.17) is 16.3 Å². The van der Waals surface area contributed by atoms with Crippen molar-refractivity contribution < 1.29 is 4.74 Å². The predicted molar refractivity (Wildman–Crippen MR) is 75.8 cm³/mol. The molecule has 106 valence electrons. The zero-order valence-electron chi connectivity index (χ0n) is 11.8. The second kappa shape index (κ2) is 6.37. The first-order chi connectivity index (χ1) is 9.08. The van der Waals surface area contributed by atoms with Crippen molar-refractivity contribution in [3.63, 3.8) is 0 Å². The second-order valence-corrected chi connectivity index (χ2v) is 5.58. The van der Waals surface area contributed by atoms with Gasteiger partial charge in [0, 0.05) is 13.1 Å². The molecular formula is C13H21ClN4O. The molecule has 0 N–H and O–H groups in total. The van der Waals surface area contributed by atoms with E-state index >= 15 is 0 Å². The highest BCUT2D eigenvalue weighted by molar-refractivity contribution is 6.28. The summed E-state index contributed by atoms with van der Waals surface area (Å²) >= 11 is 5.96. The Hall–Kier alpha value is -1.10. The van der Waals surface area contributed by atoms with Crippen molar-refractivity contribution in [2.45, 2.75) is 46.1 Å². The Labute approximate surface area is 119 Å². The predicted octanol–water partition coefficient (Wildman–Crippen LogP) is 2.94. The molecule has 0 spiro atoms. The highest BCUT2D eigenvalue weighted by atomic mass is 35.5. The Kier molecular flexibility index (Phi) is 4.80. The van der Waals surface area contributed by atoms with Crippen molar-refractivity contribution in [2.24, 2.45) is 5.92 Å². The van der Waals surface area contributed by atoms with Crippen LogP contribution in [0.1, 0.15) is 40.0 Å². The van der Waals surface area contributed by atoms with Gasteiger partial charge in [-0.1, -0.05) is 6.92 Å². The molecule has 1 fully saturated rings. The van der Waals surface area contributed by atoms with Crippen LogP contribution in [0.3, 0.4) is 0 Å². The third-order valence-electron chi connectivity index (χ3n) is 2.87. The van der Waals surface area contributed by atoms with Crippen LogP contribution in [0.15, 0.2) is 0 Å². The highest BCUT2D eigenvalue weighted by Gasteiger charge is 2.25. The number of anilines is 1. The van der Waals surface area contributed by atoms with Crippen LogP contribution < -0.4 is 9.64 Å². The molecule has 2 rings (SSSR count). The summed E-state index contributed by atoms with van der Waals surface area (Å²) < 4.78 is 5.51. The monoisotopic (exact) mass is 284 g/mol. The van der Waals surface area contributed by atoms with Crippen LogP contribution in [0.4, 0.5) is 5.95 Å². The molecule has 1 aromatic heterocycles. The van der Waals surface area contributed by atoms with Gasteiger partial charge in [0.05, 0.1) is 6.10 Å². The molecule has 0 aliphatic heterocycles. The molecule has 0 atom stereocenters. The van der Waals surface area contributed by atoms with Gasteiger partial charge in [0.1, 0.15) is 0 Å². The summed E-state index contributed by atoms with van der Waals surface area (Å²) in [6.07, 6.45) is 3.67. The van der Waals surface area contributed by atoms with Gasteiger partial charge >= 0.3 is 6.01 Å². The van der Waals surface area contributed by atoms with E-state index in [1.165, 1.54) is 12.8 Å². The fourth-order valence-electron chi connectivity index (χ4n) is 1.88. The quantitative estimate of drug-likeness (QED) is 0.770. The fourth-order valence-corrected chi connectivity index (χ4v) is 2.03. The molecule has 0 saturated heterocycles. The van der Waals surface area contributed by atoms with Crippen LogP contribution in [0, 0.1) is 5.92 Å². The smallest absolute Gasteiger partial charge is 0.322 e. The van der Waals surface area contributed by atoms with E-state index in [0.717, 1.165) is 25.4 Å². The van der Waals surface area contributed by atoms with E-state index in [1.54, 1.807) is 0 Å². The summed E-state index contributed by atoms with van der Waals surface area (Å²) in [6, 6.07) is 0.307. The lowest BCUT2D eigenvalue weighted by molar-refractivity contribution is 0.221. The Morgan fingerprint density at radius 3 is 2.63 bits per heavy atom. The van der Waals surface area contributed by atoms with Crippen molar-refractivity contribution in [2.75, 3.05) is 18.0 Å². The first kappa shape index (κ1) is 14.3. The maximum absolute atomic E-state index is 5.96. The minimum Gasteiger partial charge on any atom is -0.461 e. The average Bonchev–Trinajstić information content (AvgIpc) is 3.10. The lowest BCUT2D eigenvalue weighted by Gasteiger charge is -2.22. The molecule has 1 aliphatic carbocycles. The van der Waals surface area contributed by atoms with Gasteiger partial charge in [-0.15, -0.1) is 0 Å². The number of hydrogen-bond acceptors (Lipinski definition) is 5. The van der Waals surface area contributed by atoms with Crippen molar-refractivity contribution in [3.8, 4) is 6.01 Å². The van der Waals surface area contributed by atoms with Gasteiger partial charge < -0.3 is 9.64 Å². The van der Waals surface area contributed by atoms with Crippen molar-refractivity contribution in [1.82, 2.24) is 15.0 Å². The molecule has 1 heterocycles. The van der Waals surface area contributed by atoms with E-state index in [9.17, 15) is 0 Å². The zero-order chi connectivity index (χ0) is 13.8. The Morgan fingerprint density at radius 2 is 2.05 bits per heavy atom. The number of ether oxygens (including phenoxy) is 1. The first-order valence-corrected chi connectivity index (χ1v) is 7.29. The molecule has 0 amide bonds. The van der Waals surface area contributed by atoms with Gasteiger partial charge in [-0.3, -0.25) is 0 Å². The van der Waals surface area contributed by atoms with Crippen LogP contribution in [0.2, 0.25) is 5.28 Å². The first-order valence-electron chi connectivity index (χ1n) is 6.91. The van der Waals surface area contributed by atoms with E-state index in [0.29, 0.717) is 12.0 Å². The molecular weight excluding hydrogens is 264 g/mol. The Morgan fingerprint density at radius 1 is 1.32 bits per heavy atom. The Balaban J connectivity index is 2.16. The molecule has 0 aromatic carbocycles. The van der Waals surface area contributed by atoms with E-state index in [2.05, 4.69) is 26.8 Å². The van der Waals surface area contributed by atoms with Gasteiger partial charge in [-0.05, 0) is 50.6 Å². The summed E-state index contributed by atoms with van der Waals surface area (Å²) in [7, 11) is 0. The average molecular weight is 285 g/mol. The third-order valence-corrected chi connectivity index (χ3v) is 3.04. The maximum atomic E-state index is 5.96. The summed E-state index contributed by atoms with van der Waals surface area (Å²) in [4.78, 5) is 14.8. The molecule has 0 radical (unpaired) electrons. The number of rotatable bonds is 7. The number of aromatic nitrogens is 3. The summed E-state index contributed by atoms with van der Waals surface area (Å²) in [5.74, 6) is 1.40. The number of halogens is 1. The SMILES string of the molecule is CCCN(CC1CC1)c1nc(Cl)nc(OC(C)C)n1. The third kappa shape index (κ3) is 4.49.